The third kappa shape index (κ3) is 6.22. The van der Waals surface area contributed by atoms with Gasteiger partial charge in [0.2, 0.25) is 5.91 Å². The smallest absolute Gasteiger partial charge is 0.368 e. The summed E-state index contributed by atoms with van der Waals surface area (Å²) in [5.41, 5.74) is 5.20. The average molecular weight is 282 g/mol. The molecule has 1 saturated heterocycles. The molecule has 19 heavy (non-hydrogen) atoms. The highest BCUT2D eigenvalue weighted by molar-refractivity contribution is 5.79. The van der Waals surface area contributed by atoms with E-state index < -0.39 is 18.6 Å². The van der Waals surface area contributed by atoms with Crippen molar-refractivity contribution in [3.63, 3.8) is 0 Å². The Hall–Kier alpha value is -0.860. The molecule has 3 N–H and O–H groups in total. The maximum Gasteiger partial charge on any atom is 0.401 e. The van der Waals surface area contributed by atoms with Gasteiger partial charge in [-0.05, 0) is 13.5 Å². The van der Waals surface area contributed by atoms with Crippen LogP contribution in [0.5, 0.6) is 0 Å². The van der Waals surface area contributed by atoms with Gasteiger partial charge in [0, 0.05) is 32.7 Å². The first kappa shape index (κ1) is 16.2. The number of nitrogens with one attached hydrogen (secondary N) is 1. The molecule has 0 radical (unpaired) electrons. The van der Waals surface area contributed by atoms with E-state index in [2.05, 4.69) is 10.2 Å². The molecular formula is C11H21F3N4O. The number of rotatable bonds is 6. The summed E-state index contributed by atoms with van der Waals surface area (Å²) in [6.07, 6.45) is -3.56. The molecule has 0 saturated carbocycles. The molecule has 0 aromatic rings. The number of alkyl halides is 3. The number of primary amides is 1. The fraction of sp³-hybridized carbons (Fsp3) is 0.909. The summed E-state index contributed by atoms with van der Waals surface area (Å²) in [6.45, 7) is 1.80. The highest BCUT2D eigenvalue weighted by Crippen LogP contribution is 2.17. The molecule has 112 valence electrons. The second-order valence-electron chi connectivity index (χ2n) is 4.77. The van der Waals surface area contributed by atoms with Crippen molar-refractivity contribution < 1.29 is 18.0 Å². The first-order valence-electron chi connectivity index (χ1n) is 6.30. The van der Waals surface area contributed by atoms with E-state index in [1.165, 1.54) is 4.90 Å². The van der Waals surface area contributed by atoms with Crippen LogP contribution in [0.3, 0.4) is 0 Å². The maximum atomic E-state index is 12.2. The van der Waals surface area contributed by atoms with Crippen LogP contribution in [0.15, 0.2) is 0 Å². The molecule has 0 spiro atoms. The maximum absolute atomic E-state index is 12.2. The van der Waals surface area contributed by atoms with Gasteiger partial charge in [-0.25, -0.2) is 0 Å². The molecule has 0 aliphatic carbocycles. The molecule has 1 fully saturated rings. The number of hydrogen-bond donors (Lipinski definition) is 2. The molecule has 1 heterocycles. The fourth-order valence-corrected chi connectivity index (χ4v) is 2.17. The van der Waals surface area contributed by atoms with Crippen molar-refractivity contribution in [3.8, 4) is 0 Å². The Labute approximate surface area is 110 Å². The predicted molar refractivity (Wildman–Crippen MR) is 65.6 cm³/mol. The SMILES string of the molecule is CNC(CCN1CCN(CC(F)(F)F)CC1)C(N)=O. The Morgan fingerprint density at radius 1 is 1.26 bits per heavy atom. The van der Waals surface area contributed by atoms with Crippen LogP contribution in [-0.2, 0) is 4.79 Å². The number of piperazine rings is 1. The Morgan fingerprint density at radius 2 is 1.79 bits per heavy atom. The lowest BCUT2D eigenvalue weighted by atomic mass is 10.2. The first-order chi connectivity index (χ1) is 8.81. The molecule has 1 aliphatic heterocycles. The van der Waals surface area contributed by atoms with Crippen LogP contribution >= 0.6 is 0 Å². The monoisotopic (exact) mass is 282 g/mol. The first-order valence-corrected chi connectivity index (χ1v) is 6.30. The van der Waals surface area contributed by atoms with Crippen molar-refractivity contribution >= 4 is 5.91 Å². The van der Waals surface area contributed by atoms with Gasteiger partial charge in [0.15, 0.2) is 0 Å². The van der Waals surface area contributed by atoms with E-state index >= 15 is 0 Å². The van der Waals surface area contributed by atoms with Crippen LogP contribution < -0.4 is 11.1 Å². The van der Waals surface area contributed by atoms with Gasteiger partial charge in [-0.15, -0.1) is 0 Å². The van der Waals surface area contributed by atoms with Crippen molar-refractivity contribution in [2.45, 2.75) is 18.6 Å². The van der Waals surface area contributed by atoms with Crippen molar-refractivity contribution in [2.24, 2.45) is 5.73 Å². The molecule has 0 bridgehead atoms. The van der Waals surface area contributed by atoms with Crippen molar-refractivity contribution in [1.82, 2.24) is 15.1 Å². The van der Waals surface area contributed by atoms with Gasteiger partial charge >= 0.3 is 6.18 Å². The number of carbonyl (C=O) groups is 1. The lowest BCUT2D eigenvalue weighted by Crippen LogP contribution is -2.50. The third-order valence-corrected chi connectivity index (χ3v) is 3.29. The van der Waals surface area contributed by atoms with E-state index in [-0.39, 0.29) is 6.04 Å². The average Bonchev–Trinajstić information content (AvgIpc) is 2.29. The number of nitrogens with two attached hydrogens (primary N) is 1. The van der Waals surface area contributed by atoms with Gasteiger partial charge in [-0.1, -0.05) is 0 Å². The lowest BCUT2D eigenvalue weighted by Gasteiger charge is -2.35. The normalized spacial score (nSPS) is 20.4. The zero-order chi connectivity index (χ0) is 14.5. The Balaban J connectivity index is 2.25. The molecule has 1 atom stereocenters. The van der Waals surface area contributed by atoms with Crippen LogP contribution in [0.1, 0.15) is 6.42 Å². The highest BCUT2D eigenvalue weighted by Gasteiger charge is 2.32. The molecule has 0 aromatic heterocycles. The number of hydrogen-bond acceptors (Lipinski definition) is 4. The van der Waals surface area contributed by atoms with Crippen molar-refractivity contribution in [2.75, 3.05) is 46.3 Å². The van der Waals surface area contributed by atoms with Crippen molar-refractivity contribution in [1.29, 1.82) is 0 Å². The minimum atomic E-state index is -4.13. The minimum Gasteiger partial charge on any atom is -0.368 e. The summed E-state index contributed by atoms with van der Waals surface area (Å²) in [4.78, 5) is 14.5. The Morgan fingerprint density at radius 3 is 2.21 bits per heavy atom. The second kappa shape index (κ2) is 7.06. The molecule has 0 aromatic carbocycles. The quantitative estimate of drug-likeness (QED) is 0.698. The van der Waals surface area contributed by atoms with Gasteiger partial charge in [-0.3, -0.25) is 9.69 Å². The van der Waals surface area contributed by atoms with Gasteiger partial charge in [0.05, 0.1) is 12.6 Å². The van der Waals surface area contributed by atoms with E-state index in [1.807, 2.05) is 0 Å². The largest absolute Gasteiger partial charge is 0.401 e. The van der Waals surface area contributed by atoms with Gasteiger partial charge in [-0.2, -0.15) is 13.2 Å². The Kier molecular flexibility index (Phi) is 6.02. The van der Waals surface area contributed by atoms with Crippen LogP contribution in [0.4, 0.5) is 13.2 Å². The molecular weight excluding hydrogens is 261 g/mol. The van der Waals surface area contributed by atoms with E-state index in [9.17, 15) is 18.0 Å². The van der Waals surface area contributed by atoms with Crippen LogP contribution in [0.2, 0.25) is 0 Å². The topological polar surface area (TPSA) is 61.6 Å². The summed E-state index contributed by atoms with van der Waals surface area (Å²) in [5.74, 6) is -0.404. The summed E-state index contributed by atoms with van der Waals surface area (Å²) < 4.78 is 36.6. The van der Waals surface area contributed by atoms with Crippen LogP contribution in [-0.4, -0.2) is 74.2 Å². The van der Waals surface area contributed by atoms with Gasteiger partial charge in [0.25, 0.3) is 0 Å². The van der Waals surface area contributed by atoms with Crippen LogP contribution in [0, 0.1) is 0 Å². The molecule has 1 amide bonds. The lowest BCUT2D eigenvalue weighted by molar-refractivity contribution is -0.149. The van der Waals surface area contributed by atoms with Crippen LogP contribution in [0.25, 0.3) is 0 Å². The fourth-order valence-electron chi connectivity index (χ4n) is 2.17. The number of likely N-dealkylation sites (N-methyl/N-ethyl adjacent to an activating group) is 1. The highest BCUT2D eigenvalue weighted by atomic mass is 19.4. The van der Waals surface area contributed by atoms with Gasteiger partial charge < -0.3 is 16.0 Å². The zero-order valence-electron chi connectivity index (χ0n) is 11.0. The van der Waals surface area contributed by atoms with Crippen molar-refractivity contribution in [3.05, 3.63) is 0 Å². The zero-order valence-corrected chi connectivity index (χ0v) is 11.0. The van der Waals surface area contributed by atoms with E-state index in [0.29, 0.717) is 39.1 Å². The molecule has 1 unspecified atom stereocenters. The standard InChI is InChI=1S/C11H21F3N4O/c1-16-9(10(15)19)2-3-17-4-6-18(7-5-17)8-11(12,13)14/h9,16H,2-8H2,1H3,(H2,15,19). The number of carbonyl (C=O) groups excluding carboxylic acids is 1. The van der Waals surface area contributed by atoms with E-state index in [1.54, 1.807) is 7.05 Å². The molecule has 1 rings (SSSR count). The number of amides is 1. The summed E-state index contributed by atoms with van der Waals surface area (Å²) in [5, 5.41) is 2.82. The predicted octanol–water partition coefficient (Wildman–Crippen LogP) is -0.370. The van der Waals surface area contributed by atoms with Gasteiger partial charge in [0.1, 0.15) is 0 Å². The molecule has 1 aliphatic rings. The molecule has 5 nitrogen and oxygen atoms in total. The Bertz CT molecular complexity index is 290. The minimum absolute atomic E-state index is 0.381. The number of nitrogens with zero attached hydrogens (tertiary/aromatic N) is 2. The summed E-state index contributed by atoms with van der Waals surface area (Å²) in [6, 6.07) is -0.381. The molecule has 8 heteroatoms. The van der Waals surface area contributed by atoms with E-state index in [0.717, 1.165) is 0 Å². The third-order valence-electron chi connectivity index (χ3n) is 3.29. The number of halogens is 3. The van der Waals surface area contributed by atoms with E-state index in [4.69, 9.17) is 5.73 Å². The second-order valence-corrected chi connectivity index (χ2v) is 4.77. The summed E-state index contributed by atoms with van der Waals surface area (Å²) in [7, 11) is 1.66. The summed E-state index contributed by atoms with van der Waals surface area (Å²) >= 11 is 0.